The molecule has 5 rings (SSSR count). The zero-order valence-electron chi connectivity index (χ0n) is 16.8. The van der Waals surface area contributed by atoms with Gasteiger partial charge in [-0.3, -0.25) is 9.48 Å². The Kier molecular flexibility index (Phi) is 4.76. The Morgan fingerprint density at radius 3 is 2.72 bits per heavy atom. The van der Waals surface area contributed by atoms with E-state index in [1.807, 2.05) is 0 Å². The summed E-state index contributed by atoms with van der Waals surface area (Å²) in [6.07, 6.45) is 0.513. The lowest BCUT2D eigenvalue weighted by Crippen LogP contribution is -2.36. The van der Waals surface area contributed by atoms with Crippen molar-refractivity contribution in [2.75, 3.05) is 6.54 Å². The molecule has 10 heteroatoms. The SMILES string of the molecule is Cn1nc(-c2nc(-c3cccc(F)c3)no2)c2c1CCN(C(=O)c1ccc(F)c(F)c1)C2. The van der Waals surface area contributed by atoms with Gasteiger partial charge in [0, 0.05) is 42.4 Å². The molecule has 0 bridgehead atoms. The van der Waals surface area contributed by atoms with E-state index >= 15 is 0 Å². The average Bonchev–Trinajstić information content (AvgIpc) is 3.40. The van der Waals surface area contributed by atoms with Crippen molar-refractivity contribution >= 4 is 5.91 Å². The van der Waals surface area contributed by atoms with Crippen LogP contribution in [0, 0.1) is 17.5 Å². The molecule has 2 aromatic heterocycles. The molecule has 0 radical (unpaired) electrons. The summed E-state index contributed by atoms with van der Waals surface area (Å²) < 4.78 is 47.4. The molecule has 1 aliphatic heterocycles. The van der Waals surface area contributed by atoms with Gasteiger partial charge >= 0.3 is 0 Å². The van der Waals surface area contributed by atoms with Crippen LogP contribution in [0.25, 0.3) is 23.0 Å². The van der Waals surface area contributed by atoms with Gasteiger partial charge in [-0.05, 0) is 30.3 Å². The fourth-order valence-electron chi connectivity index (χ4n) is 3.81. The van der Waals surface area contributed by atoms with E-state index in [-0.39, 0.29) is 23.8 Å². The van der Waals surface area contributed by atoms with Gasteiger partial charge in [-0.2, -0.15) is 10.1 Å². The minimum absolute atomic E-state index is 0.0592. The molecule has 2 aromatic carbocycles. The first-order valence-electron chi connectivity index (χ1n) is 9.80. The van der Waals surface area contributed by atoms with Crippen LogP contribution in [0.1, 0.15) is 21.6 Å². The highest BCUT2D eigenvalue weighted by atomic mass is 19.2. The Bertz CT molecular complexity index is 1350. The van der Waals surface area contributed by atoms with E-state index in [9.17, 15) is 18.0 Å². The second-order valence-corrected chi connectivity index (χ2v) is 7.44. The van der Waals surface area contributed by atoms with E-state index in [1.54, 1.807) is 23.9 Å². The molecule has 0 saturated heterocycles. The predicted octanol–water partition coefficient (Wildman–Crippen LogP) is 3.75. The highest BCUT2D eigenvalue weighted by Crippen LogP contribution is 2.31. The maximum atomic E-state index is 13.6. The van der Waals surface area contributed by atoms with Gasteiger partial charge in [0.25, 0.3) is 11.8 Å². The van der Waals surface area contributed by atoms with Gasteiger partial charge in [0.2, 0.25) is 5.82 Å². The summed E-state index contributed by atoms with van der Waals surface area (Å²) in [5.74, 6) is -2.58. The minimum Gasteiger partial charge on any atom is -0.334 e. The highest BCUT2D eigenvalue weighted by molar-refractivity contribution is 5.94. The molecular formula is C22H16F3N5O2. The van der Waals surface area contributed by atoms with E-state index in [0.717, 1.165) is 23.4 Å². The quantitative estimate of drug-likeness (QED) is 0.486. The van der Waals surface area contributed by atoms with Crippen molar-refractivity contribution in [3.8, 4) is 23.0 Å². The third kappa shape index (κ3) is 3.43. The standard InChI is InChI=1S/C22H16F3N5O2/c1-29-18-7-8-30(22(31)13-5-6-16(24)17(25)10-13)11-15(18)19(27-29)21-26-20(28-32-21)12-3-2-4-14(23)9-12/h2-6,9-10H,7-8,11H2,1H3. The van der Waals surface area contributed by atoms with E-state index in [1.165, 1.54) is 23.1 Å². The van der Waals surface area contributed by atoms with Crippen LogP contribution in [-0.4, -0.2) is 37.3 Å². The minimum atomic E-state index is -1.08. The van der Waals surface area contributed by atoms with Crippen LogP contribution in [0.5, 0.6) is 0 Å². The fourth-order valence-corrected chi connectivity index (χ4v) is 3.81. The molecule has 0 atom stereocenters. The van der Waals surface area contributed by atoms with Gasteiger partial charge < -0.3 is 9.42 Å². The lowest BCUT2D eigenvalue weighted by molar-refractivity contribution is 0.0733. The monoisotopic (exact) mass is 439 g/mol. The van der Waals surface area contributed by atoms with Crippen LogP contribution in [0.2, 0.25) is 0 Å². The molecule has 4 aromatic rings. The molecule has 32 heavy (non-hydrogen) atoms. The zero-order valence-corrected chi connectivity index (χ0v) is 16.8. The number of amides is 1. The summed E-state index contributed by atoms with van der Waals surface area (Å²) in [5.41, 5.74) is 2.56. The number of aryl methyl sites for hydroxylation is 1. The topological polar surface area (TPSA) is 77.1 Å². The van der Waals surface area contributed by atoms with Crippen molar-refractivity contribution in [1.29, 1.82) is 0 Å². The van der Waals surface area contributed by atoms with Crippen molar-refractivity contribution < 1.29 is 22.5 Å². The van der Waals surface area contributed by atoms with E-state index < -0.39 is 23.4 Å². The Morgan fingerprint density at radius 1 is 1.09 bits per heavy atom. The molecule has 7 nitrogen and oxygen atoms in total. The van der Waals surface area contributed by atoms with E-state index in [2.05, 4.69) is 15.2 Å². The van der Waals surface area contributed by atoms with Gasteiger partial charge in [0.1, 0.15) is 5.82 Å². The van der Waals surface area contributed by atoms with Crippen LogP contribution in [0.15, 0.2) is 47.0 Å². The van der Waals surface area contributed by atoms with Gasteiger partial charge in [0.05, 0.1) is 6.54 Å². The maximum absolute atomic E-state index is 13.6. The van der Waals surface area contributed by atoms with Gasteiger partial charge in [0.15, 0.2) is 17.3 Å². The third-order valence-corrected chi connectivity index (χ3v) is 5.41. The lowest BCUT2D eigenvalue weighted by Gasteiger charge is -2.27. The number of carbonyl (C=O) groups is 1. The Morgan fingerprint density at radius 2 is 1.94 bits per heavy atom. The number of benzene rings is 2. The summed E-state index contributed by atoms with van der Waals surface area (Å²) in [7, 11) is 1.78. The number of carbonyl (C=O) groups excluding carboxylic acids is 1. The molecule has 0 spiro atoms. The molecule has 0 unspecified atom stereocenters. The number of hydrogen-bond donors (Lipinski definition) is 0. The second kappa shape index (κ2) is 7.63. The molecule has 162 valence electrons. The largest absolute Gasteiger partial charge is 0.334 e. The van der Waals surface area contributed by atoms with Crippen LogP contribution >= 0.6 is 0 Å². The molecular weight excluding hydrogens is 423 g/mol. The number of hydrogen-bond acceptors (Lipinski definition) is 5. The van der Waals surface area contributed by atoms with Crippen LogP contribution in [0.3, 0.4) is 0 Å². The van der Waals surface area contributed by atoms with Gasteiger partial charge in [-0.1, -0.05) is 17.3 Å². The molecule has 3 heterocycles. The normalized spacial score (nSPS) is 13.3. The van der Waals surface area contributed by atoms with Crippen molar-refractivity contribution in [1.82, 2.24) is 24.8 Å². The number of aromatic nitrogens is 4. The van der Waals surface area contributed by atoms with E-state index in [0.29, 0.717) is 24.2 Å². The first kappa shape index (κ1) is 20.0. The highest BCUT2D eigenvalue weighted by Gasteiger charge is 2.30. The molecule has 0 aliphatic carbocycles. The van der Waals surface area contributed by atoms with Crippen molar-refractivity contribution in [3.05, 3.63) is 76.7 Å². The molecule has 0 N–H and O–H groups in total. The number of halogens is 3. The van der Waals surface area contributed by atoms with Crippen molar-refractivity contribution in [2.45, 2.75) is 13.0 Å². The maximum Gasteiger partial charge on any atom is 0.279 e. The molecule has 0 saturated carbocycles. The summed E-state index contributed by atoms with van der Waals surface area (Å²) in [4.78, 5) is 18.8. The second-order valence-electron chi connectivity index (χ2n) is 7.44. The summed E-state index contributed by atoms with van der Waals surface area (Å²) >= 11 is 0. The third-order valence-electron chi connectivity index (χ3n) is 5.41. The number of fused-ring (bicyclic) bond motifs is 1. The summed E-state index contributed by atoms with van der Waals surface area (Å²) in [6, 6.07) is 8.89. The molecule has 0 fully saturated rings. The van der Waals surface area contributed by atoms with Gasteiger partial charge in [-0.25, -0.2) is 13.2 Å². The number of rotatable bonds is 3. The Labute approximate surface area is 180 Å². The fraction of sp³-hybridized carbons (Fsp3) is 0.182. The van der Waals surface area contributed by atoms with Crippen molar-refractivity contribution in [3.63, 3.8) is 0 Å². The van der Waals surface area contributed by atoms with E-state index in [4.69, 9.17) is 4.52 Å². The summed E-state index contributed by atoms with van der Waals surface area (Å²) in [5, 5.41) is 8.40. The first-order chi connectivity index (χ1) is 15.4. The average molecular weight is 439 g/mol. The van der Waals surface area contributed by atoms with Crippen LogP contribution in [0.4, 0.5) is 13.2 Å². The predicted molar refractivity (Wildman–Crippen MR) is 107 cm³/mol. The van der Waals surface area contributed by atoms with Gasteiger partial charge in [-0.15, -0.1) is 0 Å². The number of nitrogens with zero attached hydrogens (tertiary/aromatic N) is 5. The molecule has 1 aliphatic rings. The summed E-state index contributed by atoms with van der Waals surface area (Å²) in [6.45, 7) is 0.580. The van der Waals surface area contributed by atoms with Crippen LogP contribution in [-0.2, 0) is 20.0 Å². The smallest absolute Gasteiger partial charge is 0.279 e. The van der Waals surface area contributed by atoms with Crippen molar-refractivity contribution in [2.24, 2.45) is 7.05 Å². The first-order valence-corrected chi connectivity index (χ1v) is 9.80. The zero-order chi connectivity index (χ0) is 22.4. The lowest BCUT2D eigenvalue weighted by atomic mass is 10.0. The Hall–Kier alpha value is -3.95. The van der Waals surface area contributed by atoms with Crippen LogP contribution < -0.4 is 0 Å². The Balaban J connectivity index is 1.46. The molecule has 1 amide bonds.